The van der Waals surface area contributed by atoms with Gasteiger partial charge in [0.05, 0.1) is 0 Å². The molecule has 0 amide bonds. The second-order valence-electron chi connectivity index (χ2n) is 6.67. The van der Waals surface area contributed by atoms with Crippen LogP contribution >= 0.6 is 0 Å². The molecule has 0 aromatic heterocycles. The Labute approximate surface area is 130 Å². The number of nitrogens with one attached hydrogen (secondary N) is 1. The van der Waals surface area contributed by atoms with E-state index in [9.17, 15) is 0 Å². The molecule has 2 heteroatoms. The van der Waals surface area contributed by atoms with E-state index >= 15 is 0 Å². The zero-order chi connectivity index (χ0) is 15.3. The van der Waals surface area contributed by atoms with Crippen molar-refractivity contribution in [1.29, 1.82) is 0 Å². The van der Waals surface area contributed by atoms with Gasteiger partial charge in [0.1, 0.15) is 0 Å². The monoisotopic (exact) mass is 288 g/mol. The Morgan fingerprint density at radius 3 is 2.43 bits per heavy atom. The first kappa shape index (κ1) is 16.5. The molecule has 1 N–H and O–H groups in total. The van der Waals surface area contributed by atoms with E-state index < -0.39 is 0 Å². The summed E-state index contributed by atoms with van der Waals surface area (Å²) in [6, 6.07) is 11.6. The summed E-state index contributed by atoms with van der Waals surface area (Å²) in [4.78, 5) is 2.74. The van der Waals surface area contributed by atoms with Crippen molar-refractivity contribution in [3.8, 4) is 0 Å². The van der Waals surface area contributed by atoms with Gasteiger partial charge in [-0.2, -0.15) is 0 Å². The molecule has 0 saturated carbocycles. The number of benzene rings is 1. The zero-order valence-corrected chi connectivity index (χ0v) is 14.2. The topological polar surface area (TPSA) is 15.3 Å². The van der Waals surface area contributed by atoms with Crippen molar-refractivity contribution < 1.29 is 0 Å². The van der Waals surface area contributed by atoms with Crippen LogP contribution in [0.5, 0.6) is 0 Å². The Bertz CT molecular complexity index is 411. The molecular weight excluding hydrogens is 256 g/mol. The molecule has 1 heterocycles. The molecular formula is C19H32N2. The van der Waals surface area contributed by atoms with Crippen molar-refractivity contribution in [1.82, 2.24) is 10.2 Å². The summed E-state index contributed by atoms with van der Waals surface area (Å²) in [5.41, 5.74) is 1.78. The third-order valence-corrected chi connectivity index (χ3v) is 5.44. The first-order valence-electron chi connectivity index (χ1n) is 8.68. The predicted octanol–water partition coefficient (Wildman–Crippen LogP) is 4.03. The minimum absolute atomic E-state index is 0.322. The lowest BCUT2D eigenvalue weighted by atomic mass is 9.87. The zero-order valence-electron chi connectivity index (χ0n) is 14.2. The molecule has 118 valence electrons. The van der Waals surface area contributed by atoms with Crippen LogP contribution in [0.3, 0.4) is 0 Å². The maximum atomic E-state index is 3.83. The predicted molar refractivity (Wildman–Crippen MR) is 91.8 cm³/mol. The number of piperazine rings is 1. The first-order chi connectivity index (χ1) is 10.1. The van der Waals surface area contributed by atoms with E-state index in [2.05, 4.69) is 68.2 Å². The van der Waals surface area contributed by atoms with Gasteiger partial charge >= 0.3 is 0 Å². The average molecular weight is 288 g/mol. The maximum Gasteiger partial charge on any atom is 0.0304 e. The second-order valence-corrected chi connectivity index (χ2v) is 6.67. The van der Waals surface area contributed by atoms with Crippen LogP contribution in [0.15, 0.2) is 30.3 Å². The Kier molecular flexibility index (Phi) is 5.83. The second kappa shape index (κ2) is 7.42. The molecule has 2 rings (SSSR count). The lowest BCUT2D eigenvalue weighted by molar-refractivity contribution is 0.0665. The highest BCUT2D eigenvalue weighted by Gasteiger charge is 2.36. The molecule has 1 aliphatic rings. The molecule has 1 fully saturated rings. The fourth-order valence-corrected chi connectivity index (χ4v) is 3.62. The molecule has 0 radical (unpaired) electrons. The summed E-state index contributed by atoms with van der Waals surface area (Å²) in [6.07, 6.45) is 3.67. The summed E-state index contributed by atoms with van der Waals surface area (Å²) in [7, 11) is 0. The lowest BCUT2D eigenvalue weighted by Gasteiger charge is -2.48. The minimum atomic E-state index is 0.322. The minimum Gasteiger partial charge on any atom is -0.308 e. The fraction of sp³-hybridized carbons (Fsp3) is 0.684. The molecule has 0 aliphatic carbocycles. The van der Waals surface area contributed by atoms with Gasteiger partial charge in [-0.1, -0.05) is 58.0 Å². The summed E-state index contributed by atoms with van der Waals surface area (Å²) in [6.45, 7) is 12.8. The van der Waals surface area contributed by atoms with Crippen molar-refractivity contribution >= 4 is 0 Å². The summed E-state index contributed by atoms with van der Waals surface area (Å²) in [5, 5.41) is 3.83. The Hall–Kier alpha value is -0.860. The molecule has 0 bridgehead atoms. The van der Waals surface area contributed by atoms with Gasteiger partial charge in [-0.15, -0.1) is 0 Å². The van der Waals surface area contributed by atoms with Crippen LogP contribution in [-0.2, 0) is 0 Å². The van der Waals surface area contributed by atoms with Crippen LogP contribution in [0.25, 0.3) is 0 Å². The highest BCUT2D eigenvalue weighted by molar-refractivity contribution is 5.19. The van der Waals surface area contributed by atoms with Gasteiger partial charge in [0.15, 0.2) is 0 Å². The molecule has 1 aromatic rings. The van der Waals surface area contributed by atoms with E-state index in [0.29, 0.717) is 17.5 Å². The van der Waals surface area contributed by atoms with Gasteiger partial charge in [-0.05, 0) is 30.7 Å². The maximum absolute atomic E-state index is 3.83. The van der Waals surface area contributed by atoms with Crippen molar-refractivity contribution in [3.05, 3.63) is 35.9 Å². The van der Waals surface area contributed by atoms with Crippen molar-refractivity contribution in [2.45, 2.75) is 64.5 Å². The van der Waals surface area contributed by atoms with Gasteiger partial charge in [-0.25, -0.2) is 0 Å². The summed E-state index contributed by atoms with van der Waals surface area (Å²) >= 11 is 0. The third-order valence-electron chi connectivity index (χ3n) is 5.44. The van der Waals surface area contributed by atoms with Crippen LogP contribution < -0.4 is 5.32 Å². The number of hydrogen-bond acceptors (Lipinski definition) is 2. The Balaban J connectivity index is 2.07. The van der Waals surface area contributed by atoms with Crippen LogP contribution in [0.4, 0.5) is 0 Å². The largest absolute Gasteiger partial charge is 0.308 e. The number of hydrogen-bond donors (Lipinski definition) is 1. The molecule has 0 spiro atoms. The van der Waals surface area contributed by atoms with Gasteiger partial charge in [-0.3, -0.25) is 4.90 Å². The molecule has 1 saturated heterocycles. The molecule has 21 heavy (non-hydrogen) atoms. The van der Waals surface area contributed by atoms with E-state index in [0.717, 1.165) is 6.54 Å². The van der Waals surface area contributed by atoms with Crippen LogP contribution in [0.2, 0.25) is 0 Å². The first-order valence-corrected chi connectivity index (χ1v) is 8.68. The Morgan fingerprint density at radius 2 is 1.86 bits per heavy atom. The number of nitrogens with zero attached hydrogens (tertiary/aromatic N) is 1. The normalized spacial score (nSPS) is 23.9. The standard InChI is InChI=1S/C19H32N2/c1-5-18-13-20-19(6-2,7-3)15-21(18)14-16(4)17-11-9-8-10-12-17/h8-12,16,18,20H,5-7,13-15H2,1-4H3. The van der Waals surface area contributed by atoms with Gasteiger partial charge < -0.3 is 5.32 Å². The van der Waals surface area contributed by atoms with Crippen molar-refractivity contribution in [2.75, 3.05) is 19.6 Å². The van der Waals surface area contributed by atoms with Gasteiger partial charge in [0.2, 0.25) is 0 Å². The van der Waals surface area contributed by atoms with E-state index in [1.54, 1.807) is 0 Å². The van der Waals surface area contributed by atoms with Crippen LogP contribution in [-0.4, -0.2) is 36.1 Å². The number of rotatable bonds is 6. The molecule has 1 aromatic carbocycles. The summed E-state index contributed by atoms with van der Waals surface area (Å²) < 4.78 is 0. The van der Waals surface area contributed by atoms with E-state index in [1.807, 2.05) is 0 Å². The Morgan fingerprint density at radius 1 is 1.19 bits per heavy atom. The summed E-state index contributed by atoms with van der Waals surface area (Å²) in [5.74, 6) is 0.602. The average Bonchev–Trinajstić information content (AvgIpc) is 2.55. The van der Waals surface area contributed by atoms with Crippen molar-refractivity contribution in [3.63, 3.8) is 0 Å². The smallest absolute Gasteiger partial charge is 0.0304 e. The molecule has 2 nitrogen and oxygen atoms in total. The van der Waals surface area contributed by atoms with Crippen molar-refractivity contribution in [2.24, 2.45) is 0 Å². The van der Waals surface area contributed by atoms with Crippen LogP contribution in [0, 0.1) is 0 Å². The molecule has 1 aliphatic heterocycles. The third kappa shape index (κ3) is 3.87. The lowest BCUT2D eigenvalue weighted by Crippen LogP contribution is -2.64. The SMILES string of the molecule is CCC1CNC(CC)(CC)CN1CC(C)c1ccccc1. The quantitative estimate of drug-likeness (QED) is 0.850. The highest BCUT2D eigenvalue weighted by atomic mass is 15.3. The van der Waals surface area contributed by atoms with Gasteiger partial charge in [0.25, 0.3) is 0 Å². The highest BCUT2D eigenvalue weighted by Crippen LogP contribution is 2.26. The molecule has 2 unspecified atom stereocenters. The molecule has 2 atom stereocenters. The fourth-order valence-electron chi connectivity index (χ4n) is 3.62. The van der Waals surface area contributed by atoms with E-state index in [4.69, 9.17) is 0 Å². The van der Waals surface area contributed by atoms with E-state index in [-0.39, 0.29) is 0 Å². The van der Waals surface area contributed by atoms with Gasteiger partial charge in [0, 0.05) is 31.2 Å². The van der Waals surface area contributed by atoms with E-state index in [1.165, 1.54) is 37.9 Å². The van der Waals surface area contributed by atoms with Crippen LogP contribution in [0.1, 0.15) is 58.4 Å².